The number of sulfone groups is 1. The van der Waals surface area contributed by atoms with Crippen LogP contribution in [-0.2, 0) is 16.4 Å². The molecular weight excluding hydrogens is 454 g/mol. The number of piperidine rings is 1. The molecule has 1 spiro atoms. The van der Waals surface area contributed by atoms with Crippen molar-refractivity contribution in [3.63, 3.8) is 0 Å². The van der Waals surface area contributed by atoms with Crippen LogP contribution in [0.1, 0.15) is 44.1 Å². The molecule has 2 fully saturated rings. The minimum atomic E-state index is -3.87. The predicted octanol–water partition coefficient (Wildman–Crippen LogP) is 3.08. The summed E-state index contributed by atoms with van der Waals surface area (Å²) >= 11 is 0. The molecule has 1 heterocycles. The first kappa shape index (κ1) is 25.0. The minimum Gasteiger partial charge on any atom is -0.497 e. The summed E-state index contributed by atoms with van der Waals surface area (Å²) in [5, 5.41) is 24.0. The third kappa shape index (κ3) is 4.82. The Bertz CT molecular complexity index is 1060. The van der Waals surface area contributed by atoms with Gasteiger partial charge >= 0.3 is 0 Å². The van der Waals surface area contributed by atoms with E-state index in [4.69, 9.17) is 9.47 Å². The Morgan fingerprint density at radius 2 is 1.74 bits per heavy atom. The van der Waals surface area contributed by atoms with Crippen molar-refractivity contribution in [3.8, 4) is 11.5 Å². The van der Waals surface area contributed by atoms with Crippen molar-refractivity contribution >= 4 is 9.84 Å². The van der Waals surface area contributed by atoms with Crippen LogP contribution in [0.15, 0.2) is 53.4 Å². The lowest BCUT2D eigenvalue weighted by molar-refractivity contribution is 0.0833. The summed E-state index contributed by atoms with van der Waals surface area (Å²) in [5.41, 5.74) is 0.655. The highest BCUT2D eigenvalue weighted by Crippen LogP contribution is 2.55. The fourth-order valence-electron chi connectivity index (χ4n) is 5.63. The number of benzene rings is 2. The van der Waals surface area contributed by atoms with Crippen molar-refractivity contribution in [3.05, 3.63) is 54.1 Å². The van der Waals surface area contributed by atoms with Crippen LogP contribution >= 0.6 is 0 Å². The molecule has 2 unspecified atom stereocenters. The van der Waals surface area contributed by atoms with Crippen LogP contribution in [0, 0.1) is 5.41 Å². The second-order valence-electron chi connectivity index (χ2n) is 9.63. The molecule has 1 aliphatic heterocycles. The van der Waals surface area contributed by atoms with Gasteiger partial charge in [0.25, 0.3) is 0 Å². The van der Waals surface area contributed by atoms with Gasteiger partial charge in [-0.1, -0.05) is 12.1 Å². The summed E-state index contributed by atoms with van der Waals surface area (Å²) < 4.78 is 37.9. The molecule has 2 aromatic rings. The number of rotatable bonds is 9. The van der Waals surface area contributed by atoms with E-state index in [1.165, 1.54) is 0 Å². The molecule has 0 radical (unpaired) electrons. The van der Waals surface area contributed by atoms with Gasteiger partial charge in [-0.2, -0.15) is 0 Å². The van der Waals surface area contributed by atoms with Crippen LogP contribution in [0.4, 0.5) is 0 Å². The first-order chi connectivity index (χ1) is 16.3. The van der Waals surface area contributed by atoms with Crippen LogP contribution in [-0.4, -0.2) is 56.3 Å². The normalized spacial score (nSPS) is 23.0. The van der Waals surface area contributed by atoms with E-state index in [9.17, 15) is 18.6 Å². The molecule has 2 atom stereocenters. The number of aliphatic hydroxyl groups is 2. The Morgan fingerprint density at radius 3 is 2.41 bits per heavy atom. The molecule has 3 N–H and O–H groups in total. The zero-order chi connectivity index (χ0) is 24.2. The van der Waals surface area contributed by atoms with E-state index in [0.29, 0.717) is 18.6 Å². The Hall–Kier alpha value is -2.13. The van der Waals surface area contributed by atoms with E-state index in [1.54, 1.807) is 49.6 Å². The molecule has 186 valence electrons. The van der Waals surface area contributed by atoms with Crippen molar-refractivity contribution in [1.82, 2.24) is 5.32 Å². The minimum absolute atomic E-state index is 0.0494. The van der Waals surface area contributed by atoms with E-state index in [1.807, 2.05) is 6.07 Å². The second kappa shape index (κ2) is 10.2. The van der Waals surface area contributed by atoms with E-state index in [0.717, 1.165) is 43.7 Å². The quantitative estimate of drug-likeness (QED) is 0.497. The molecule has 0 amide bonds. The lowest BCUT2D eigenvalue weighted by atomic mass is 9.76. The Labute approximate surface area is 202 Å². The first-order valence-electron chi connectivity index (χ1n) is 11.9. The highest BCUT2D eigenvalue weighted by Gasteiger charge is 2.59. The number of ether oxygens (including phenoxy) is 2. The van der Waals surface area contributed by atoms with E-state index >= 15 is 0 Å². The molecule has 1 aliphatic carbocycles. The smallest absolute Gasteiger partial charge is 0.186 e. The number of nitrogens with one attached hydrogen (secondary N) is 1. The maximum absolute atomic E-state index is 14.1. The van der Waals surface area contributed by atoms with Gasteiger partial charge in [-0.25, -0.2) is 8.42 Å². The van der Waals surface area contributed by atoms with Gasteiger partial charge in [0.2, 0.25) is 0 Å². The first-order valence-corrected chi connectivity index (χ1v) is 13.4. The third-order valence-electron chi connectivity index (χ3n) is 7.64. The summed E-state index contributed by atoms with van der Waals surface area (Å²) in [6.45, 7) is 1.70. The number of methoxy groups -OCH3 is 1. The number of aliphatic hydroxyl groups excluding tert-OH is 2. The summed E-state index contributed by atoms with van der Waals surface area (Å²) in [4.78, 5) is 0.200. The molecule has 0 bridgehead atoms. The Kier molecular flexibility index (Phi) is 7.52. The van der Waals surface area contributed by atoms with Crippen molar-refractivity contribution in [2.75, 3.05) is 26.8 Å². The lowest BCUT2D eigenvalue weighted by Gasteiger charge is -2.39. The molecule has 7 nitrogen and oxygen atoms in total. The van der Waals surface area contributed by atoms with Crippen LogP contribution in [0.5, 0.6) is 11.5 Å². The predicted molar refractivity (Wildman–Crippen MR) is 130 cm³/mol. The van der Waals surface area contributed by atoms with Crippen LogP contribution in [0.2, 0.25) is 0 Å². The van der Waals surface area contributed by atoms with E-state index in [2.05, 4.69) is 5.32 Å². The SMILES string of the molecule is COc1ccc(OCc2cccc(S(=O)(=O)C3(C(O)CCO)CCC4(CCNCC4)C3)c2)cc1. The standard InChI is InChI=1S/C26H35NO6S/c1-32-21-5-7-22(8-6-21)33-18-20-3-2-4-23(17-20)34(30,31)26(24(29)9-16-28)11-10-25(19-26)12-14-27-15-13-25/h2-8,17,24,27-29H,9-16,18-19H2,1H3. The fraction of sp³-hybridized carbons (Fsp3) is 0.538. The molecule has 8 heteroatoms. The van der Waals surface area contributed by atoms with Crippen molar-refractivity contribution in [1.29, 1.82) is 0 Å². The largest absolute Gasteiger partial charge is 0.497 e. The maximum Gasteiger partial charge on any atom is 0.186 e. The topological polar surface area (TPSA) is 105 Å². The number of hydrogen-bond donors (Lipinski definition) is 3. The molecule has 34 heavy (non-hydrogen) atoms. The highest BCUT2D eigenvalue weighted by molar-refractivity contribution is 7.93. The Balaban J connectivity index is 1.59. The molecule has 1 saturated carbocycles. The molecule has 2 aromatic carbocycles. The molecule has 2 aliphatic rings. The van der Waals surface area contributed by atoms with Gasteiger partial charge in [0, 0.05) is 6.61 Å². The van der Waals surface area contributed by atoms with Gasteiger partial charge < -0.3 is 25.0 Å². The zero-order valence-corrected chi connectivity index (χ0v) is 20.5. The molecule has 4 rings (SSSR count). The highest BCUT2D eigenvalue weighted by atomic mass is 32.2. The van der Waals surface area contributed by atoms with Gasteiger partial charge in [0.15, 0.2) is 9.84 Å². The van der Waals surface area contributed by atoms with Gasteiger partial charge in [-0.05, 0) is 99.0 Å². The molecular formula is C26H35NO6S. The van der Waals surface area contributed by atoms with Crippen molar-refractivity contribution in [2.45, 2.75) is 60.9 Å². The zero-order valence-electron chi connectivity index (χ0n) is 19.7. The van der Waals surface area contributed by atoms with Gasteiger partial charge in [0.1, 0.15) is 22.9 Å². The average Bonchev–Trinajstić information content (AvgIpc) is 3.24. The van der Waals surface area contributed by atoms with Crippen LogP contribution in [0.3, 0.4) is 0 Å². The second-order valence-corrected chi connectivity index (χ2v) is 11.9. The van der Waals surface area contributed by atoms with Crippen molar-refractivity contribution in [2.24, 2.45) is 5.41 Å². The summed E-state index contributed by atoms with van der Waals surface area (Å²) in [7, 11) is -2.26. The maximum atomic E-state index is 14.1. The summed E-state index contributed by atoms with van der Waals surface area (Å²) in [5.74, 6) is 1.39. The van der Waals surface area contributed by atoms with E-state index < -0.39 is 20.7 Å². The monoisotopic (exact) mass is 489 g/mol. The van der Waals surface area contributed by atoms with Crippen LogP contribution < -0.4 is 14.8 Å². The van der Waals surface area contributed by atoms with Crippen molar-refractivity contribution < 1.29 is 28.1 Å². The molecule has 0 aromatic heterocycles. The number of hydrogen-bond acceptors (Lipinski definition) is 7. The lowest BCUT2D eigenvalue weighted by Crippen LogP contribution is -2.49. The third-order valence-corrected chi connectivity index (χ3v) is 10.2. The van der Waals surface area contributed by atoms with Gasteiger partial charge in [-0.3, -0.25) is 0 Å². The van der Waals surface area contributed by atoms with Gasteiger partial charge in [0.05, 0.1) is 18.1 Å². The van der Waals surface area contributed by atoms with Crippen LogP contribution in [0.25, 0.3) is 0 Å². The Morgan fingerprint density at radius 1 is 1.03 bits per heavy atom. The summed E-state index contributed by atoms with van der Waals surface area (Å²) in [6, 6.07) is 14.0. The van der Waals surface area contributed by atoms with E-state index in [-0.39, 0.29) is 29.9 Å². The summed E-state index contributed by atoms with van der Waals surface area (Å²) in [6.07, 6.45) is 2.36. The van der Waals surface area contributed by atoms with Gasteiger partial charge in [-0.15, -0.1) is 0 Å². The average molecular weight is 490 g/mol. The molecule has 1 saturated heterocycles. The fourth-order valence-corrected chi connectivity index (χ4v) is 8.00.